The zero-order valence-electron chi connectivity index (χ0n) is 23.0. The number of anilines is 1. The average molecular weight is 603 g/mol. The number of amides is 2. The lowest BCUT2D eigenvalue weighted by Gasteiger charge is -2.19. The van der Waals surface area contributed by atoms with Crippen molar-refractivity contribution >= 4 is 38.7 Å². The summed E-state index contributed by atoms with van der Waals surface area (Å²) in [4.78, 5) is 33.3. The molecule has 216 valence electrons. The summed E-state index contributed by atoms with van der Waals surface area (Å²) in [7, 11) is -1.77. The lowest BCUT2D eigenvalue weighted by atomic mass is 10.1. The summed E-state index contributed by atoms with van der Waals surface area (Å²) in [6.45, 7) is 2.10. The molecule has 4 aromatic rings. The number of carbonyl (C=O) groups excluding carboxylic acids is 2. The van der Waals surface area contributed by atoms with Gasteiger partial charge in [-0.3, -0.25) is 9.59 Å². The summed E-state index contributed by atoms with van der Waals surface area (Å²) in [5.41, 5.74) is 1.33. The molecule has 1 fully saturated rings. The molecular formula is C31H30N4O5S2. The summed E-state index contributed by atoms with van der Waals surface area (Å²) < 4.78 is 32.3. The highest BCUT2D eigenvalue weighted by atomic mass is 32.2. The van der Waals surface area contributed by atoms with E-state index in [0.717, 1.165) is 34.2 Å². The molecule has 3 heterocycles. The molecule has 11 heteroatoms. The van der Waals surface area contributed by atoms with Gasteiger partial charge in [0.05, 0.1) is 34.2 Å². The summed E-state index contributed by atoms with van der Waals surface area (Å²) in [5, 5.41) is 6.32. The molecule has 0 radical (unpaired) electrons. The van der Waals surface area contributed by atoms with Gasteiger partial charge in [0.15, 0.2) is 0 Å². The Labute approximate surface area is 248 Å². The summed E-state index contributed by atoms with van der Waals surface area (Å²) in [6, 6.07) is 18.7. The zero-order chi connectivity index (χ0) is 29.3. The number of ether oxygens (including phenoxy) is 1. The number of sulfone groups is 1. The SMILES string of the molecule is CN1CCC[C@H]1CCOc1ccc(-c2ncc(CNC(=O)c3ccc4c(c3)NC(=O)c3ccccc3S4(=O)=O)s2)cc1. The first-order chi connectivity index (χ1) is 20.3. The largest absolute Gasteiger partial charge is 0.494 e. The Hall–Kier alpha value is -4.06. The fourth-order valence-corrected chi connectivity index (χ4v) is 7.79. The Kier molecular flexibility index (Phi) is 7.80. The summed E-state index contributed by atoms with van der Waals surface area (Å²) in [5.74, 6) is -0.109. The minimum absolute atomic E-state index is 0.0534. The van der Waals surface area contributed by atoms with Gasteiger partial charge in [-0.15, -0.1) is 11.3 Å². The third-order valence-electron chi connectivity index (χ3n) is 7.67. The normalized spacial score (nSPS) is 17.5. The molecule has 0 saturated carbocycles. The van der Waals surface area contributed by atoms with Crippen molar-refractivity contribution in [3.63, 3.8) is 0 Å². The molecule has 2 aliphatic rings. The van der Waals surface area contributed by atoms with Gasteiger partial charge in [0.2, 0.25) is 9.84 Å². The fourth-order valence-electron chi connectivity index (χ4n) is 5.34. The van der Waals surface area contributed by atoms with E-state index in [2.05, 4.69) is 27.6 Å². The number of thiazole rings is 1. The number of benzene rings is 3. The second kappa shape index (κ2) is 11.7. The number of likely N-dealkylation sites (tertiary alicyclic amines) is 1. The molecule has 1 aromatic heterocycles. The van der Waals surface area contributed by atoms with Crippen LogP contribution in [0.2, 0.25) is 0 Å². The molecule has 42 heavy (non-hydrogen) atoms. The van der Waals surface area contributed by atoms with Crippen LogP contribution >= 0.6 is 11.3 Å². The molecule has 1 atom stereocenters. The highest BCUT2D eigenvalue weighted by Gasteiger charge is 2.31. The Morgan fingerprint density at radius 2 is 1.93 bits per heavy atom. The van der Waals surface area contributed by atoms with Crippen LogP contribution in [0.1, 0.15) is 44.9 Å². The highest BCUT2D eigenvalue weighted by Crippen LogP contribution is 2.34. The number of fused-ring (bicyclic) bond motifs is 2. The molecule has 2 N–H and O–H groups in total. The molecule has 2 amide bonds. The van der Waals surface area contributed by atoms with Gasteiger partial charge in [-0.1, -0.05) is 12.1 Å². The van der Waals surface area contributed by atoms with Crippen molar-refractivity contribution < 1.29 is 22.7 Å². The van der Waals surface area contributed by atoms with Crippen molar-refractivity contribution in [2.24, 2.45) is 0 Å². The van der Waals surface area contributed by atoms with Crippen LogP contribution in [0.3, 0.4) is 0 Å². The molecule has 9 nitrogen and oxygen atoms in total. The monoisotopic (exact) mass is 602 g/mol. The molecule has 0 spiro atoms. The highest BCUT2D eigenvalue weighted by molar-refractivity contribution is 7.91. The summed E-state index contributed by atoms with van der Waals surface area (Å²) in [6.07, 6.45) is 5.24. The first kappa shape index (κ1) is 28.1. The number of hydrogen-bond donors (Lipinski definition) is 2. The standard InChI is InChI=1S/C31H30N4O5S2/c1-35-15-4-5-22(35)14-16-40-23-11-8-20(9-12-23)31-33-19-24(41-31)18-32-29(36)21-10-13-28-26(17-21)34-30(37)25-6-2-3-7-27(25)42(28,38)39/h2-3,6-13,17,19,22H,4-5,14-16,18H2,1H3,(H,32,36)(H,34,37)/t22-/m0/s1. The van der Waals surface area contributed by atoms with E-state index in [1.54, 1.807) is 18.3 Å². The van der Waals surface area contributed by atoms with Crippen LogP contribution in [0, 0.1) is 0 Å². The van der Waals surface area contributed by atoms with Gasteiger partial charge in [0.1, 0.15) is 10.8 Å². The maximum Gasteiger partial charge on any atom is 0.257 e. The van der Waals surface area contributed by atoms with E-state index in [-0.39, 0.29) is 33.2 Å². The second-order valence-electron chi connectivity index (χ2n) is 10.4. The predicted octanol–water partition coefficient (Wildman–Crippen LogP) is 5.00. The number of nitrogens with one attached hydrogen (secondary N) is 2. The van der Waals surface area contributed by atoms with E-state index in [9.17, 15) is 18.0 Å². The average Bonchev–Trinajstić information content (AvgIpc) is 3.63. The van der Waals surface area contributed by atoms with Gasteiger partial charge in [0, 0.05) is 28.2 Å². The van der Waals surface area contributed by atoms with Crippen LogP contribution < -0.4 is 15.4 Å². The predicted molar refractivity (Wildman–Crippen MR) is 161 cm³/mol. The Balaban J connectivity index is 1.07. The quantitative estimate of drug-likeness (QED) is 0.291. The molecule has 1 saturated heterocycles. The van der Waals surface area contributed by atoms with E-state index >= 15 is 0 Å². The van der Waals surface area contributed by atoms with Crippen molar-refractivity contribution in [1.29, 1.82) is 0 Å². The van der Waals surface area contributed by atoms with Gasteiger partial charge in [-0.2, -0.15) is 0 Å². The van der Waals surface area contributed by atoms with E-state index in [1.807, 2.05) is 24.3 Å². The van der Waals surface area contributed by atoms with Gasteiger partial charge >= 0.3 is 0 Å². The molecule has 3 aromatic carbocycles. The van der Waals surface area contributed by atoms with Crippen molar-refractivity contribution in [2.45, 2.75) is 41.6 Å². The van der Waals surface area contributed by atoms with Gasteiger partial charge in [-0.25, -0.2) is 13.4 Å². The van der Waals surface area contributed by atoms with Crippen LogP contribution in [0.4, 0.5) is 5.69 Å². The number of rotatable bonds is 8. The van der Waals surface area contributed by atoms with Crippen LogP contribution in [-0.2, 0) is 16.4 Å². The van der Waals surface area contributed by atoms with Crippen molar-refractivity contribution in [3.05, 3.63) is 88.9 Å². The maximum absolute atomic E-state index is 13.2. The maximum atomic E-state index is 13.2. The van der Waals surface area contributed by atoms with Crippen LogP contribution in [0.25, 0.3) is 10.6 Å². The van der Waals surface area contributed by atoms with Gasteiger partial charge in [0.25, 0.3) is 11.8 Å². The third-order valence-corrected chi connectivity index (χ3v) is 10.6. The lowest BCUT2D eigenvalue weighted by molar-refractivity contribution is 0.0949. The number of nitrogens with zero attached hydrogens (tertiary/aromatic N) is 2. The fraction of sp³-hybridized carbons (Fsp3) is 0.258. The van der Waals surface area contributed by atoms with E-state index in [0.29, 0.717) is 12.6 Å². The van der Waals surface area contributed by atoms with Gasteiger partial charge in [-0.05, 0) is 87.5 Å². The first-order valence-electron chi connectivity index (χ1n) is 13.8. The molecule has 6 rings (SSSR count). The van der Waals surface area contributed by atoms with Crippen LogP contribution in [0.5, 0.6) is 5.75 Å². The van der Waals surface area contributed by atoms with Crippen LogP contribution in [-0.4, -0.2) is 56.4 Å². The Bertz CT molecular complexity index is 1750. The minimum Gasteiger partial charge on any atom is -0.494 e. The van der Waals surface area contributed by atoms with Crippen molar-refractivity contribution in [2.75, 3.05) is 25.5 Å². The molecular weight excluding hydrogens is 572 g/mol. The number of aromatic nitrogens is 1. The topological polar surface area (TPSA) is 118 Å². The van der Waals surface area contributed by atoms with E-state index in [1.165, 1.54) is 54.5 Å². The Morgan fingerprint density at radius 1 is 1.12 bits per heavy atom. The Morgan fingerprint density at radius 3 is 2.71 bits per heavy atom. The summed E-state index contributed by atoms with van der Waals surface area (Å²) >= 11 is 1.47. The zero-order valence-corrected chi connectivity index (χ0v) is 24.6. The lowest BCUT2D eigenvalue weighted by Crippen LogP contribution is -2.26. The molecule has 2 aliphatic heterocycles. The van der Waals surface area contributed by atoms with Crippen molar-refractivity contribution in [1.82, 2.24) is 15.2 Å². The van der Waals surface area contributed by atoms with Crippen LogP contribution in [0.15, 0.2) is 82.7 Å². The second-order valence-corrected chi connectivity index (χ2v) is 13.4. The van der Waals surface area contributed by atoms with Gasteiger partial charge < -0.3 is 20.3 Å². The van der Waals surface area contributed by atoms with E-state index in [4.69, 9.17) is 4.74 Å². The molecule has 0 aliphatic carbocycles. The van der Waals surface area contributed by atoms with E-state index < -0.39 is 21.7 Å². The first-order valence-corrected chi connectivity index (χ1v) is 16.1. The van der Waals surface area contributed by atoms with Crippen molar-refractivity contribution in [3.8, 4) is 16.3 Å². The molecule has 0 unspecified atom stereocenters. The molecule has 0 bridgehead atoms. The smallest absolute Gasteiger partial charge is 0.257 e. The number of carbonyl (C=O) groups is 2. The third kappa shape index (κ3) is 5.67. The number of hydrogen-bond acceptors (Lipinski definition) is 8. The minimum atomic E-state index is -3.94.